The summed E-state index contributed by atoms with van der Waals surface area (Å²) in [5.74, 6) is 0.224. The number of nitrogens with zero attached hydrogens (tertiary/aromatic N) is 1. The Bertz CT molecular complexity index is 1690. The van der Waals surface area contributed by atoms with Crippen LogP contribution in [0, 0.1) is 11.8 Å². The van der Waals surface area contributed by atoms with Gasteiger partial charge in [-0.25, -0.2) is 13.2 Å². The number of rotatable bonds is 15. The normalized spacial score (nSPS) is 22.4. The Morgan fingerprint density at radius 3 is 2.44 bits per heavy atom. The zero-order valence-electron chi connectivity index (χ0n) is 28.6. The Balaban J connectivity index is 1.31. The summed E-state index contributed by atoms with van der Waals surface area (Å²) in [5.41, 5.74) is 1.35. The van der Waals surface area contributed by atoms with Gasteiger partial charge >= 0.3 is 12.3 Å². The van der Waals surface area contributed by atoms with E-state index in [0.717, 1.165) is 11.3 Å². The molecule has 0 radical (unpaired) electrons. The molecule has 0 spiro atoms. The number of furan rings is 1. The molecule has 5 rings (SSSR count). The lowest BCUT2D eigenvalue weighted by molar-refractivity contribution is -0.133. The summed E-state index contributed by atoms with van der Waals surface area (Å²) in [5, 5.41) is 17.8. The maximum Gasteiger partial charge on any atom is 0.407 e. The van der Waals surface area contributed by atoms with Gasteiger partial charge in [-0.2, -0.15) is 17.5 Å². The number of hydrogen-bond acceptors (Lipinski definition) is 9. The van der Waals surface area contributed by atoms with Crippen LogP contribution >= 0.6 is 0 Å². The van der Waals surface area contributed by atoms with Crippen molar-refractivity contribution in [2.45, 2.75) is 88.1 Å². The summed E-state index contributed by atoms with van der Waals surface area (Å²) >= 11 is 0. The fraction of sp³-hybridized carbons (Fsp3) is 0.571. The number of aliphatic hydroxyl groups is 1. The van der Waals surface area contributed by atoms with Gasteiger partial charge in [0.1, 0.15) is 17.4 Å². The second-order valence-corrected chi connectivity index (χ2v) is 15.6. The Labute approximate surface area is 290 Å². The molecular weight excluding hydrogens is 679 g/mol. The van der Waals surface area contributed by atoms with E-state index < -0.39 is 65.2 Å². The van der Waals surface area contributed by atoms with Crippen molar-refractivity contribution < 1.29 is 50.1 Å². The summed E-state index contributed by atoms with van der Waals surface area (Å²) in [7, 11) is -4.10. The van der Waals surface area contributed by atoms with Gasteiger partial charge in [-0.15, -0.1) is 0 Å². The molecule has 1 amide bonds. The van der Waals surface area contributed by atoms with E-state index in [1.807, 2.05) is 64.1 Å². The van der Waals surface area contributed by atoms with Gasteiger partial charge in [-0.3, -0.25) is 0 Å². The number of alkyl halides is 3. The van der Waals surface area contributed by atoms with Crippen LogP contribution < -0.4 is 10.6 Å². The molecule has 15 heteroatoms. The van der Waals surface area contributed by atoms with Crippen LogP contribution in [0.4, 0.5) is 18.0 Å². The molecule has 0 saturated carbocycles. The summed E-state index contributed by atoms with van der Waals surface area (Å²) in [6, 6.07) is 14.1. The van der Waals surface area contributed by atoms with Crippen LogP contribution in [0.25, 0.3) is 11.0 Å². The lowest BCUT2D eigenvalue weighted by atomic mass is 9.97. The third-order valence-electron chi connectivity index (χ3n) is 8.89. The monoisotopic (exact) mass is 725 g/mol. The van der Waals surface area contributed by atoms with E-state index in [1.165, 1.54) is 10.4 Å². The largest absolute Gasteiger partial charge is 0.461 e. The third-order valence-corrected chi connectivity index (χ3v) is 10.7. The smallest absolute Gasteiger partial charge is 0.407 e. The third kappa shape index (κ3) is 9.56. The average Bonchev–Trinajstić information content (AvgIpc) is 3.76. The van der Waals surface area contributed by atoms with Crippen molar-refractivity contribution in [1.29, 1.82) is 0 Å². The highest BCUT2D eigenvalue weighted by molar-refractivity contribution is 7.89. The number of ether oxygens (including phenoxy) is 3. The first-order chi connectivity index (χ1) is 23.6. The van der Waals surface area contributed by atoms with Gasteiger partial charge in [0.15, 0.2) is 6.29 Å². The lowest BCUT2D eigenvalue weighted by Crippen LogP contribution is -2.52. The van der Waals surface area contributed by atoms with Crippen molar-refractivity contribution in [2.24, 2.45) is 11.8 Å². The molecule has 3 heterocycles. The minimum atomic E-state index is -4.32. The average molecular weight is 726 g/mol. The van der Waals surface area contributed by atoms with Crippen molar-refractivity contribution in [3.63, 3.8) is 0 Å². The molecular formula is C35H46F3N3O8S. The number of sulfonamides is 1. The predicted molar refractivity (Wildman–Crippen MR) is 179 cm³/mol. The zero-order valence-corrected chi connectivity index (χ0v) is 29.4. The second-order valence-electron chi connectivity index (χ2n) is 13.7. The molecule has 0 aliphatic carbocycles. The van der Waals surface area contributed by atoms with Crippen molar-refractivity contribution in [3.05, 3.63) is 65.9 Å². The summed E-state index contributed by atoms with van der Waals surface area (Å²) < 4.78 is 90.3. The van der Waals surface area contributed by atoms with E-state index in [4.69, 9.17) is 18.6 Å². The predicted octanol–water partition coefficient (Wildman–Crippen LogP) is 5.18. The number of halogens is 3. The minimum absolute atomic E-state index is 0.0216. The number of nitrogens with one attached hydrogen (secondary N) is 2. The quantitative estimate of drug-likeness (QED) is 0.193. The fourth-order valence-corrected chi connectivity index (χ4v) is 7.99. The van der Waals surface area contributed by atoms with Gasteiger partial charge in [0.25, 0.3) is 0 Å². The highest BCUT2D eigenvalue weighted by Gasteiger charge is 2.50. The fourth-order valence-electron chi connectivity index (χ4n) is 6.34. The highest BCUT2D eigenvalue weighted by Crippen LogP contribution is 2.34. The molecule has 6 atom stereocenters. The SMILES string of the molecule is CC(C)CN(C[C@@H](O)[C@H](Cc1ccccc1)NC(=O)O[C@H]1CO[C@H]2OC[C@H](NCCC(F)(F)F)[C@H]21)S(=O)(=O)c1ccc2oc(C(C)C)cc2c1. The van der Waals surface area contributed by atoms with Crippen LogP contribution in [0.5, 0.6) is 0 Å². The minimum Gasteiger partial charge on any atom is -0.461 e. The molecule has 2 aromatic carbocycles. The second kappa shape index (κ2) is 16.0. The van der Waals surface area contributed by atoms with Crippen LogP contribution in [0.2, 0.25) is 0 Å². The van der Waals surface area contributed by atoms with Crippen molar-refractivity contribution in [1.82, 2.24) is 14.9 Å². The number of carbonyl (C=O) groups is 1. The van der Waals surface area contributed by atoms with Crippen LogP contribution in [0.1, 0.15) is 51.4 Å². The summed E-state index contributed by atoms with van der Waals surface area (Å²) in [6.45, 7) is 7.23. The Morgan fingerprint density at radius 2 is 1.76 bits per heavy atom. The van der Waals surface area contributed by atoms with Gasteiger partial charge in [-0.1, -0.05) is 58.0 Å². The molecule has 3 aromatic rings. The lowest BCUT2D eigenvalue weighted by Gasteiger charge is -2.31. The number of carbonyl (C=O) groups excluding carboxylic acids is 1. The van der Waals surface area contributed by atoms with Gasteiger partial charge in [0, 0.05) is 37.0 Å². The van der Waals surface area contributed by atoms with Crippen molar-refractivity contribution in [3.8, 4) is 0 Å². The molecule has 50 heavy (non-hydrogen) atoms. The van der Waals surface area contributed by atoms with Gasteiger partial charge in [0.2, 0.25) is 10.0 Å². The number of alkyl carbamates (subject to hydrolysis) is 1. The molecule has 0 bridgehead atoms. The van der Waals surface area contributed by atoms with E-state index in [9.17, 15) is 31.5 Å². The number of fused-ring (bicyclic) bond motifs is 2. The number of hydrogen-bond donors (Lipinski definition) is 3. The van der Waals surface area contributed by atoms with E-state index >= 15 is 0 Å². The van der Waals surface area contributed by atoms with Gasteiger partial charge in [0.05, 0.1) is 42.6 Å². The topological polar surface area (TPSA) is 140 Å². The summed E-state index contributed by atoms with van der Waals surface area (Å²) in [4.78, 5) is 13.4. The molecule has 0 unspecified atom stereocenters. The Kier molecular flexibility index (Phi) is 12.2. The number of benzene rings is 2. The molecule has 276 valence electrons. The molecule has 2 aliphatic heterocycles. The molecule has 2 aliphatic rings. The number of aliphatic hydroxyl groups excluding tert-OH is 1. The standard InChI is InChI=1S/C35H46F3N3O8S/c1-21(2)17-41(50(44,45)25-10-11-29-24(15-25)16-30(48-29)22(3)4)18-28(42)26(14-23-8-6-5-7-9-23)40-34(43)49-31-20-47-33-32(31)27(19-46-33)39-13-12-35(36,37)38/h5-11,15-16,21-22,26-28,31-33,39,42H,12-14,17-20H2,1-4H3,(H,40,43)/t26-,27-,28+,31-,32-,33+/m0/s1. The first-order valence-electron chi connectivity index (χ1n) is 16.9. The maximum atomic E-state index is 14.1. The van der Waals surface area contributed by atoms with E-state index in [-0.39, 0.29) is 56.0 Å². The Morgan fingerprint density at radius 1 is 1.04 bits per heavy atom. The maximum absolute atomic E-state index is 14.1. The Hall–Kier alpha value is -3.21. The molecule has 3 N–H and O–H groups in total. The molecule has 1 aromatic heterocycles. The van der Waals surface area contributed by atoms with Crippen LogP contribution in [-0.4, -0.2) is 93.5 Å². The van der Waals surface area contributed by atoms with Crippen LogP contribution in [-0.2, 0) is 30.7 Å². The van der Waals surface area contributed by atoms with E-state index in [2.05, 4.69) is 10.6 Å². The first-order valence-corrected chi connectivity index (χ1v) is 18.3. The zero-order chi connectivity index (χ0) is 36.2. The molecule has 2 saturated heterocycles. The van der Waals surface area contributed by atoms with E-state index in [1.54, 1.807) is 12.1 Å². The van der Waals surface area contributed by atoms with Crippen molar-refractivity contribution in [2.75, 3.05) is 32.8 Å². The van der Waals surface area contributed by atoms with Gasteiger partial charge < -0.3 is 34.4 Å². The first kappa shape index (κ1) is 38.0. The highest BCUT2D eigenvalue weighted by atomic mass is 32.2. The van der Waals surface area contributed by atoms with Crippen LogP contribution in [0.15, 0.2) is 63.9 Å². The van der Waals surface area contributed by atoms with Gasteiger partial charge in [-0.05, 0) is 42.2 Å². The number of amides is 1. The summed E-state index contributed by atoms with van der Waals surface area (Å²) in [6.07, 6.45) is -9.00. The molecule has 11 nitrogen and oxygen atoms in total. The van der Waals surface area contributed by atoms with E-state index in [0.29, 0.717) is 11.0 Å². The van der Waals surface area contributed by atoms with Crippen molar-refractivity contribution >= 4 is 27.1 Å². The molecule has 2 fully saturated rings. The van der Waals surface area contributed by atoms with Crippen LogP contribution in [0.3, 0.4) is 0 Å².